The van der Waals surface area contributed by atoms with Gasteiger partial charge < -0.3 is 4.74 Å². The van der Waals surface area contributed by atoms with Crippen LogP contribution in [0.3, 0.4) is 0 Å². The molecule has 0 unspecified atom stereocenters. The van der Waals surface area contributed by atoms with Crippen molar-refractivity contribution < 1.29 is 19.1 Å². The fourth-order valence-electron chi connectivity index (χ4n) is 1.32. The molecule has 0 aliphatic carbocycles. The molecule has 0 fully saturated rings. The van der Waals surface area contributed by atoms with Crippen LogP contribution in [0.5, 0.6) is 5.75 Å². The molecule has 0 N–H and O–H groups in total. The summed E-state index contributed by atoms with van der Waals surface area (Å²) >= 11 is 15.9. The van der Waals surface area contributed by atoms with E-state index in [0.717, 1.165) is 0 Å². The van der Waals surface area contributed by atoms with E-state index in [2.05, 4.69) is 0 Å². The van der Waals surface area contributed by atoms with E-state index < -0.39 is 15.7 Å². The zero-order valence-electron chi connectivity index (χ0n) is 8.42. The molecule has 90 valence electrons. The maximum atomic E-state index is 11.3. The number of methoxy groups -OCH3 is 1. The highest BCUT2D eigenvalue weighted by atomic mass is 35.5. The highest BCUT2D eigenvalue weighted by Crippen LogP contribution is 2.29. The lowest BCUT2D eigenvalue weighted by Gasteiger charge is -2.10. The second-order valence-corrected chi connectivity index (χ2v) is 3.92. The third-order valence-corrected chi connectivity index (χ3v) is 2.57. The molecule has 0 aliphatic rings. The predicted octanol–water partition coefficient (Wildman–Crippen LogP) is 2.83. The first-order valence-electron chi connectivity index (χ1n) is 4.20. The summed E-state index contributed by atoms with van der Waals surface area (Å²) in [7, 11) is 1.28. The first kappa shape index (κ1) is 14.0. The van der Waals surface area contributed by atoms with Crippen molar-refractivity contribution in [3.63, 3.8) is 0 Å². The Labute approximate surface area is 111 Å². The van der Waals surface area contributed by atoms with Crippen LogP contribution in [0.4, 0.5) is 0 Å². The van der Waals surface area contributed by atoms with Crippen LogP contribution in [-0.2, 0) is 0 Å². The molecule has 1 rings (SSSR count). The average molecular weight is 296 g/mol. The van der Waals surface area contributed by atoms with Gasteiger partial charge in [0.1, 0.15) is 5.75 Å². The van der Waals surface area contributed by atoms with Crippen molar-refractivity contribution in [2.45, 2.75) is 0 Å². The Morgan fingerprint density at radius 3 is 1.82 bits per heavy atom. The summed E-state index contributed by atoms with van der Waals surface area (Å²) < 4.78 is 4.86. The van der Waals surface area contributed by atoms with Crippen LogP contribution >= 0.6 is 34.8 Å². The van der Waals surface area contributed by atoms with Crippen LogP contribution < -0.4 is 4.74 Å². The molecular weight excluding hydrogens is 290 g/mol. The molecule has 0 atom stereocenters. The fourth-order valence-corrected chi connectivity index (χ4v) is 1.86. The van der Waals surface area contributed by atoms with Crippen molar-refractivity contribution in [2.75, 3.05) is 7.11 Å². The highest BCUT2D eigenvalue weighted by Gasteiger charge is 2.25. The van der Waals surface area contributed by atoms with Gasteiger partial charge in [-0.2, -0.15) is 0 Å². The number of hydrogen-bond acceptors (Lipinski definition) is 4. The maximum Gasteiger partial charge on any atom is 0.256 e. The SMILES string of the molecule is COc1ccc(C(=O)Cl)c(C(=O)Cl)c1C(=O)Cl. The molecule has 1 aromatic rings. The predicted molar refractivity (Wildman–Crippen MR) is 63.5 cm³/mol. The lowest BCUT2D eigenvalue weighted by Crippen LogP contribution is -2.09. The van der Waals surface area contributed by atoms with Crippen molar-refractivity contribution in [3.05, 3.63) is 28.8 Å². The number of benzene rings is 1. The quantitative estimate of drug-likeness (QED) is 0.801. The second kappa shape index (κ2) is 5.49. The molecule has 0 bridgehead atoms. The molecule has 0 aromatic heterocycles. The Morgan fingerprint density at radius 1 is 0.941 bits per heavy atom. The summed E-state index contributed by atoms with van der Waals surface area (Å²) in [5, 5.41) is -2.90. The molecule has 0 spiro atoms. The van der Waals surface area contributed by atoms with E-state index in [4.69, 9.17) is 39.5 Å². The van der Waals surface area contributed by atoms with E-state index in [0.29, 0.717) is 0 Å². The molecule has 0 radical (unpaired) electrons. The van der Waals surface area contributed by atoms with Crippen molar-refractivity contribution >= 4 is 50.5 Å². The number of carbonyl (C=O) groups is 3. The maximum absolute atomic E-state index is 11.3. The Kier molecular flexibility index (Phi) is 4.51. The van der Waals surface area contributed by atoms with Crippen LogP contribution in [-0.4, -0.2) is 22.8 Å². The van der Waals surface area contributed by atoms with Gasteiger partial charge in [0.25, 0.3) is 15.7 Å². The van der Waals surface area contributed by atoms with E-state index in [9.17, 15) is 14.4 Å². The summed E-state index contributed by atoms with van der Waals surface area (Å²) in [5.74, 6) is 0.0377. The van der Waals surface area contributed by atoms with Crippen LogP contribution in [0.2, 0.25) is 0 Å². The van der Waals surface area contributed by atoms with E-state index in [1.807, 2.05) is 0 Å². The standard InChI is InChI=1S/C10H5Cl3O4/c1-17-5-3-2-4(8(11)14)6(9(12)15)7(5)10(13)16/h2-3H,1H3. The van der Waals surface area contributed by atoms with Crippen molar-refractivity contribution in [3.8, 4) is 5.75 Å². The number of hydrogen-bond donors (Lipinski definition) is 0. The molecule has 4 nitrogen and oxygen atoms in total. The van der Waals surface area contributed by atoms with Gasteiger partial charge in [0, 0.05) is 5.56 Å². The number of carbonyl (C=O) groups excluding carboxylic acids is 3. The largest absolute Gasteiger partial charge is 0.496 e. The van der Waals surface area contributed by atoms with Gasteiger partial charge in [-0.25, -0.2) is 0 Å². The Morgan fingerprint density at radius 2 is 1.47 bits per heavy atom. The molecule has 0 amide bonds. The minimum Gasteiger partial charge on any atom is -0.496 e. The van der Waals surface area contributed by atoms with Crippen molar-refractivity contribution in [1.29, 1.82) is 0 Å². The van der Waals surface area contributed by atoms with Crippen molar-refractivity contribution in [1.82, 2.24) is 0 Å². The first-order valence-corrected chi connectivity index (χ1v) is 5.34. The summed E-state index contributed by atoms with van der Waals surface area (Å²) in [6, 6.07) is 2.53. The van der Waals surface area contributed by atoms with E-state index in [1.54, 1.807) is 0 Å². The van der Waals surface area contributed by atoms with Gasteiger partial charge in [-0.05, 0) is 46.9 Å². The smallest absolute Gasteiger partial charge is 0.256 e. The molecule has 0 aliphatic heterocycles. The van der Waals surface area contributed by atoms with Gasteiger partial charge >= 0.3 is 0 Å². The summed E-state index contributed by atoms with van der Waals surface area (Å²) in [5.41, 5.74) is -0.830. The molecular formula is C10H5Cl3O4. The van der Waals surface area contributed by atoms with Crippen LogP contribution in [0, 0.1) is 0 Å². The Bertz CT molecular complexity index is 511. The van der Waals surface area contributed by atoms with E-state index in [-0.39, 0.29) is 22.4 Å². The Balaban J connectivity index is 3.71. The molecule has 7 heteroatoms. The summed E-state index contributed by atoms with van der Waals surface area (Å²) in [6.45, 7) is 0. The van der Waals surface area contributed by atoms with Gasteiger partial charge in [0.2, 0.25) is 0 Å². The summed E-state index contributed by atoms with van der Waals surface area (Å²) in [6.07, 6.45) is 0. The molecule has 17 heavy (non-hydrogen) atoms. The summed E-state index contributed by atoms with van der Waals surface area (Å²) in [4.78, 5) is 33.6. The van der Waals surface area contributed by atoms with Gasteiger partial charge in [-0.15, -0.1) is 0 Å². The van der Waals surface area contributed by atoms with Crippen molar-refractivity contribution in [2.24, 2.45) is 0 Å². The van der Waals surface area contributed by atoms with Gasteiger partial charge in [0.15, 0.2) is 0 Å². The molecule has 1 aromatic carbocycles. The lowest BCUT2D eigenvalue weighted by molar-refractivity contribution is 0.103. The number of ether oxygens (including phenoxy) is 1. The highest BCUT2D eigenvalue weighted by molar-refractivity contribution is 6.74. The van der Waals surface area contributed by atoms with Gasteiger partial charge in [-0.1, -0.05) is 0 Å². The van der Waals surface area contributed by atoms with E-state index >= 15 is 0 Å². The average Bonchev–Trinajstić information content (AvgIpc) is 2.26. The molecule has 0 saturated carbocycles. The third-order valence-electron chi connectivity index (χ3n) is 1.99. The van der Waals surface area contributed by atoms with Crippen LogP contribution in [0.1, 0.15) is 31.1 Å². The monoisotopic (exact) mass is 294 g/mol. The lowest BCUT2D eigenvalue weighted by atomic mass is 10.0. The third kappa shape index (κ3) is 2.77. The zero-order chi connectivity index (χ0) is 13.2. The molecule has 0 saturated heterocycles. The zero-order valence-corrected chi connectivity index (χ0v) is 10.7. The Hall–Kier alpha value is -1.10. The first-order chi connectivity index (χ1) is 7.90. The van der Waals surface area contributed by atoms with E-state index in [1.165, 1.54) is 19.2 Å². The fraction of sp³-hybridized carbons (Fsp3) is 0.100. The minimum atomic E-state index is -1.02. The minimum absolute atomic E-state index is 0.0377. The van der Waals surface area contributed by atoms with Crippen LogP contribution in [0.15, 0.2) is 12.1 Å². The van der Waals surface area contributed by atoms with Gasteiger partial charge in [0.05, 0.1) is 18.2 Å². The molecule has 0 heterocycles. The van der Waals surface area contributed by atoms with Gasteiger partial charge in [-0.3, -0.25) is 14.4 Å². The normalized spacial score (nSPS) is 9.88. The number of halogens is 3. The van der Waals surface area contributed by atoms with Crippen LogP contribution in [0.25, 0.3) is 0 Å². The topological polar surface area (TPSA) is 60.4 Å². The number of rotatable bonds is 4. The second-order valence-electron chi connectivity index (χ2n) is 2.89.